The molecule has 0 aliphatic carbocycles. The van der Waals surface area contributed by atoms with Crippen LogP contribution in [0.5, 0.6) is 0 Å². The second-order valence-corrected chi connectivity index (χ2v) is 9.36. The van der Waals surface area contributed by atoms with Crippen molar-refractivity contribution in [3.05, 3.63) is 106 Å². The number of ketones is 1. The van der Waals surface area contributed by atoms with Crippen molar-refractivity contribution in [3.63, 3.8) is 0 Å². The van der Waals surface area contributed by atoms with E-state index in [9.17, 15) is 14.9 Å². The third kappa shape index (κ3) is 3.19. The number of anilines is 1. The molecule has 1 fully saturated rings. The van der Waals surface area contributed by atoms with Gasteiger partial charge in [-0.25, -0.2) is 0 Å². The lowest BCUT2D eigenvalue weighted by atomic mass is 9.68. The maximum absolute atomic E-state index is 14.1. The van der Waals surface area contributed by atoms with E-state index < -0.39 is 29.4 Å². The number of ether oxygens (including phenoxy) is 1. The lowest BCUT2D eigenvalue weighted by molar-refractivity contribution is -0.150. The average Bonchev–Trinajstić information content (AvgIpc) is 3.20. The first-order valence-electron chi connectivity index (χ1n) is 10.9. The van der Waals surface area contributed by atoms with Crippen molar-refractivity contribution in [2.24, 2.45) is 5.41 Å². The molecule has 2 aliphatic rings. The summed E-state index contributed by atoms with van der Waals surface area (Å²) in [6.07, 6.45) is 3.77. The summed E-state index contributed by atoms with van der Waals surface area (Å²) in [6.45, 7) is 0. The summed E-state index contributed by atoms with van der Waals surface area (Å²) in [5.41, 5.74) is 1.37. The predicted molar refractivity (Wildman–Crippen MR) is 133 cm³/mol. The number of nitrogens with zero attached hydrogens (tertiary/aromatic N) is 2. The van der Waals surface area contributed by atoms with Crippen LogP contribution in [0, 0.1) is 16.7 Å². The number of fused-ring (bicyclic) bond motifs is 3. The van der Waals surface area contributed by atoms with E-state index in [1.54, 1.807) is 12.1 Å². The molecule has 0 N–H and O–H groups in total. The Balaban J connectivity index is 1.82. The van der Waals surface area contributed by atoms with E-state index in [0.29, 0.717) is 5.56 Å². The van der Waals surface area contributed by atoms with Crippen molar-refractivity contribution >= 4 is 39.4 Å². The second kappa shape index (κ2) is 8.58. The van der Waals surface area contributed by atoms with Gasteiger partial charge in [0.05, 0.1) is 19.2 Å². The van der Waals surface area contributed by atoms with Crippen LogP contribution in [0.25, 0.3) is 6.08 Å². The molecule has 0 saturated carbocycles. The zero-order valence-electron chi connectivity index (χ0n) is 18.4. The molecule has 5 nitrogen and oxygen atoms in total. The average molecular weight is 513 g/mol. The Morgan fingerprint density at radius 2 is 1.68 bits per heavy atom. The van der Waals surface area contributed by atoms with Gasteiger partial charge in [0.15, 0.2) is 11.2 Å². The molecule has 3 aromatic rings. The van der Waals surface area contributed by atoms with E-state index in [2.05, 4.69) is 22.0 Å². The monoisotopic (exact) mass is 512 g/mol. The van der Waals surface area contributed by atoms with E-state index in [1.165, 1.54) is 7.11 Å². The molecule has 0 unspecified atom stereocenters. The van der Waals surface area contributed by atoms with E-state index in [4.69, 9.17) is 4.74 Å². The number of nitriles is 1. The summed E-state index contributed by atoms with van der Waals surface area (Å²) >= 11 is 3.46. The number of para-hydroxylation sites is 1. The molecule has 0 radical (unpaired) electrons. The van der Waals surface area contributed by atoms with Gasteiger partial charge < -0.3 is 9.64 Å². The molecule has 1 saturated heterocycles. The number of rotatable bonds is 4. The fourth-order valence-electron chi connectivity index (χ4n) is 5.35. The van der Waals surface area contributed by atoms with E-state index in [0.717, 1.165) is 21.3 Å². The van der Waals surface area contributed by atoms with Gasteiger partial charge in [0, 0.05) is 21.6 Å². The summed E-state index contributed by atoms with van der Waals surface area (Å²) in [5, 5.41) is 10.6. The zero-order chi connectivity index (χ0) is 23.9. The lowest BCUT2D eigenvalue weighted by Crippen LogP contribution is -2.46. The Morgan fingerprint density at radius 1 is 1.00 bits per heavy atom. The maximum atomic E-state index is 14.1. The van der Waals surface area contributed by atoms with Gasteiger partial charge in [-0.3, -0.25) is 9.59 Å². The Kier molecular flexibility index (Phi) is 5.59. The Labute approximate surface area is 206 Å². The molecule has 0 spiro atoms. The molecule has 0 aromatic heterocycles. The van der Waals surface area contributed by atoms with Crippen molar-refractivity contribution < 1.29 is 14.3 Å². The maximum Gasteiger partial charge on any atom is 0.329 e. The highest BCUT2D eigenvalue weighted by Gasteiger charge is 2.67. The van der Waals surface area contributed by atoms with Gasteiger partial charge in [-0.2, -0.15) is 5.26 Å². The smallest absolute Gasteiger partial charge is 0.329 e. The minimum absolute atomic E-state index is 0.148. The van der Waals surface area contributed by atoms with Gasteiger partial charge in [0.2, 0.25) is 0 Å². The summed E-state index contributed by atoms with van der Waals surface area (Å²) in [5.74, 6) is -1.55. The third-order valence-electron chi connectivity index (χ3n) is 6.81. The van der Waals surface area contributed by atoms with Gasteiger partial charge >= 0.3 is 5.97 Å². The number of esters is 1. The van der Waals surface area contributed by atoms with Crippen molar-refractivity contribution in [3.8, 4) is 6.07 Å². The van der Waals surface area contributed by atoms with Crippen molar-refractivity contribution in [1.82, 2.24) is 0 Å². The normalized spacial score (nSPS) is 24.6. The van der Waals surface area contributed by atoms with Crippen LogP contribution in [-0.4, -0.2) is 30.9 Å². The third-order valence-corrected chi connectivity index (χ3v) is 7.34. The molecule has 2 aliphatic heterocycles. The van der Waals surface area contributed by atoms with Crippen LogP contribution in [-0.2, 0) is 9.53 Å². The molecule has 6 heteroatoms. The van der Waals surface area contributed by atoms with Crippen LogP contribution in [0.1, 0.15) is 27.4 Å². The quantitative estimate of drug-likeness (QED) is 0.346. The van der Waals surface area contributed by atoms with Crippen LogP contribution in [0.15, 0.2) is 89.4 Å². The first kappa shape index (κ1) is 22.1. The SMILES string of the molecule is COC(=O)[C@@]1(C#N)[C@@H]2C=Cc3ccccc3N2[C@@H](C(=O)c2ccccc2)[C@@H]1c1ccc(Br)cc1. The lowest BCUT2D eigenvalue weighted by Gasteiger charge is -2.36. The molecule has 3 aromatic carbocycles. The Bertz CT molecular complexity index is 1330. The molecule has 0 amide bonds. The fourth-order valence-corrected chi connectivity index (χ4v) is 5.62. The molecule has 34 heavy (non-hydrogen) atoms. The highest BCUT2D eigenvalue weighted by molar-refractivity contribution is 9.10. The number of hydrogen-bond donors (Lipinski definition) is 0. The molecule has 0 bridgehead atoms. The zero-order valence-corrected chi connectivity index (χ0v) is 20.0. The molecular weight excluding hydrogens is 492 g/mol. The minimum atomic E-state index is -1.62. The number of methoxy groups -OCH3 is 1. The topological polar surface area (TPSA) is 70.4 Å². The first-order valence-corrected chi connectivity index (χ1v) is 11.7. The fraction of sp³-hybridized carbons (Fsp3) is 0.179. The molecule has 2 heterocycles. The van der Waals surface area contributed by atoms with Crippen LogP contribution < -0.4 is 4.90 Å². The van der Waals surface area contributed by atoms with E-state index in [1.807, 2.05) is 83.8 Å². The minimum Gasteiger partial charge on any atom is -0.468 e. The largest absolute Gasteiger partial charge is 0.468 e. The number of carbonyl (C=O) groups is 2. The Hall–Kier alpha value is -3.69. The molecule has 168 valence electrons. The van der Waals surface area contributed by atoms with Crippen LogP contribution in [0.4, 0.5) is 5.69 Å². The molecular formula is C28H21BrN2O3. The van der Waals surface area contributed by atoms with Crippen LogP contribution in [0.2, 0.25) is 0 Å². The Morgan fingerprint density at radius 3 is 2.35 bits per heavy atom. The van der Waals surface area contributed by atoms with E-state index in [-0.39, 0.29) is 5.78 Å². The molecule has 4 atom stereocenters. The van der Waals surface area contributed by atoms with Crippen molar-refractivity contribution in [2.45, 2.75) is 18.0 Å². The van der Waals surface area contributed by atoms with Crippen molar-refractivity contribution in [1.29, 1.82) is 5.26 Å². The summed E-state index contributed by atoms with van der Waals surface area (Å²) in [6, 6.07) is 25.1. The number of carbonyl (C=O) groups excluding carboxylic acids is 2. The molecule has 5 rings (SSSR count). The first-order chi connectivity index (χ1) is 16.5. The van der Waals surface area contributed by atoms with Crippen LogP contribution in [0.3, 0.4) is 0 Å². The second-order valence-electron chi connectivity index (χ2n) is 8.45. The van der Waals surface area contributed by atoms with E-state index >= 15 is 0 Å². The van der Waals surface area contributed by atoms with Gasteiger partial charge in [-0.15, -0.1) is 0 Å². The predicted octanol–water partition coefficient (Wildman–Crippen LogP) is 5.38. The number of Topliss-reactive ketones (excluding diaryl/α,β-unsaturated/α-hetero) is 1. The van der Waals surface area contributed by atoms with Gasteiger partial charge in [-0.1, -0.05) is 88.7 Å². The number of halogens is 1. The van der Waals surface area contributed by atoms with Crippen LogP contribution >= 0.6 is 15.9 Å². The number of hydrogen-bond acceptors (Lipinski definition) is 5. The summed E-state index contributed by atoms with van der Waals surface area (Å²) in [7, 11) is 1.29. The summed E-state index contributed by atoms with van der Waals surface area (Å²) in [4.78, 5) is 29.5. The van der Waals surface area contributed by atoms with Gasteiger partial charge in [0.25, 0.3) is 0 Å². The number of benzene rings is 3. The van der Waals surface area contributed by atoms with Gasteiger partial charge in [0.1, 0.15) is 6.04 Å². The van der Waals surface area contributed by atoms with Gasteiger partial charge in [-0.05, 0) is 29.3 Å². The highest BCUT2D eigenvalue weighted by atomic mass is 79.9. The van der Waals surface area contributed by atoms with Crippen molar-refractivity contribution in [2.75, 3.05) is 12.0 Å². The highest BCUT2D eigenvalue weighted by Crippen LogP contribution is 2.56. The standard InChI is InChI=1S/C28H21BrN2O3/c1-34-27(33)28(17-30)23-16-13-18-7-5-6-10-22(18)31(23)25(26(32)20-8-3-2-4-9-20)24(28)19-11-14-21(29)15-12-19/h2-16,23-25H,1H3/t23-,24-,25+,28-/m0/s1. The summed E-state index contributed by atoms with van der Waals surface area (Å²) < 4.78 is 6.10.